The zero-order valence-electron chi connectivity index (χ0n) is 23.6. The highest BCUT2D eigenvalue weighted by Crippen LogP contribution is 2.19. The van der Waals surface area contributed by atoms with Crippen LogP contribution in [0.5, 0.6) is 0 Å². The Morgan fingerprint density at radius 3 is 1.26 bits per heavy atom. The van der Waals surface area contributed by atoms with Crippen LogP contribution in [0.4, 0.5) is 0 Å². The summed E-state index contributed by atoms with van der Waals surface area (Å²) in [6.07, 6.45) is 29.7. The summed E-state index contributed by atoms with van der Waals surface area (Å²) in [5.41, 5.74) is 0. The first-order valence-electron chi connectivity index (χ1n) is 15.5. The minimum absolute atomic E-state index is 0.00461. The Morgan fingerprint density at radius 2 is 0.857 bits per heavy atom. The Labute approximate surface area is 218 Å². The van der Waals surface area contributed by atoms with Crippen molar-refractivity contribution in [1.82, 2.24) is 0 Å². The normalized spacial score (nSPS) is 12.1. The molecule has 0 aliphatic rings. The number of unbranched alkanes of at least 4 members (excludes halogenated alkanes) is 19. The Bertz CT molecular complexity index is 463. The van der Waals surface area contributed by atoms with Crippen LogP contribution in [0.2, 0.25) is 0 Å². The van der Waals surface area contributed by atoms with Crippen LogP contribution in [0, 0.1) is 0 Å². The predicted octanol–water partition coefficient (Wildman–Crippen LogP) is 10.2. The molecule has 4 heteroatoms. The largest absolute Gasteiger partial charge is 0.481 e. The molecule has 0 saturated heterocycles. The van der Waals surface area contributed by atoms with Gasteiger partial charge in [0.05, 0.1) is 0 Å². The van der Waals surface area contributed by atoms with Crippen LogP contribution in [-0.2, 0) is 14.3 Å². The van der Waals surface area contributed by atoms with E-state index in [0.29, 0.717) is 6.42 Å². The van der Waals surface area contributed by atoms with Crippen LogP contribution in [0.25, 0.3) is 0 Å². The van der Waals surface area contributed by atoms with Crippen LogP contribution in [0.15, 0.2) is 0 Å². The molecule has 0 amide bonds. The molecule has 0 bridgehead atoms. The van der Waals surface area contributed by atoms with Gasteiger partial charge in [-0.1, -0.05) is 129 Å². The number of carboxylic acids is 1. The second-order valence-electron chi connectivity index (χ2n) is 10.7. The number of hydrogen-bond acceptors (Lipinski definition) is 3. The first-order valence-corrected chi connectivity index (χ1v) is 15.5. The number of ether oxygens (including phenoxy) is 1. The van der Waals surface area contributed by atoms with Gasteiger partial charge in [-0.3, -0.25) is 9.59 Å². The predicted molar refractivity (Wildman–Crippen MR) is 149 cm³/mol. The molecule has 0 radical (unpaired) electrons. The first-order chi connectivity index (χ1) is 17.1. The van der Waals surface area contributed by atoms with Gasteiger partial charge in [-0.2, -0.15) is 0 Å². The Morgan fingerprint density at radius 1 is 0.514 bits per heavy atom. The summed E-state index contributed by atoms with van der Waals surface area (Å²) in [5.74, 6) is -0.704. The smallest absolute Gasteiger partial charge is 0.306 e. The third-order valence-electron chi connectivity index (χ3n) is 7.08. The minimum atomic E-state index is -0.700. The molecular formula is C31H60O4. The van der Waals surface area contributed by atoms with Crippen LogP contribution in [0.3, 0.4) is 0 Å². The van der Waals surface area contributed by atoms with E-state index in [2.05, 4.69) is 13.8 Å². The number of carbonyl (C=O) groups is 2. The third kappa shape index (κ3) is 27.4. The number of hydrogen-bond donors (Lipinski definition) is 1. The fourth-order valence-electron chi connectivity index (χ4n) is 4.77. The maximum Gasteiger partial charge on any atom is 0.306 e. The maximum absolute atomic E-state index is 12.4. The summed E-state index contributed by atoms with van der Waals surface area (Å²) >= 11 is 0. The highest BCUT2D eigenvalue weighted by Gasteiger charge is 2.14. The van der Waals surface area contributed by atoms with Gasteiger partial charge in [-0.15, -0.1) is 0 Å². The summed E-state index contributed by atoms with van der Waals surface area (Å²) < 4.78 is 5.91. The van der Waals surface area contributed by atoms with Crippen LogP contribution >= 0.6 is 0 Å². The Kier molecular flexibility index (Phi) is 26.7. The highest BCUT2D eigenvalue weighted by atomic mass is 16.5. The molecule has 0 aromatic heterocycles. The summed E-state index contributed by atoms with van der Waals surface area (Å²) in [7, 11) is 0. The summed E-state index contributed by atoms with van der Waals surface area (Å²) in [6.45, 7) is 4.50. The van der Waals surface area contributed by atoms with Crippen molar-refractivity contribution in [1.29, 1.82) is 0 Å². The number of carbonyl (C=O) groups excluding carboxylic acids is 1. The molecular weight excluding hydrogens is 436 g/mol. The molecule has 4 nitrogen and oxygen atoms in total. The Hall–Kier alpha value is -1.06. The van der Waals surface area contributed by atoms with E-state index >= 15 is 0 Å². The standard InChI is InChI=1S/C31H60O4/c1-3-5-7-9-11-12-13-14-15-17-21-25-29(26-22-18-16-19-23-27-30(32)33)35-31(34)28-24-20-10-8-6-4-2/h29H,3-28H2,1-2H3,(H,32,33). The van der Waals surface area contributed by atoms with E-state index in [0.717, 1.165) is 64.2 Å². The molecule has 1 unspecified atom stereocenters. The second-order valence-corrected chi connectivity index (χ2v) is 10.7. The zero-order chi connectivity index (χ0) is 25.8. The summed E-state index contributed by atoms with van der Waals surface area (Å²) in [4.78, 5) is 23.0. The van der Waals surface area contributed by atoms with Gasteiger partial charge in [-0.05, 0) is 38.5 Å². The summed E-state index contributed by atoms with van der Waals surface area (Å²) in [6, 6.07) is 0. The molecule has 0 aliphatic carbocycles. The van der Waals surface area contributed by atoms with E-state index in [4.69, 9.17) is 9.84 Å². The lowest BCUT2D eigenvalue weighted by molar-refractivity contribution is -0.150. The van der Waals surface area contributed by atoms with Crippen molar-refractivity contribution < 1.29 is 19.4 Å². The van der Waals surface area contributed by atoms with Crippen LogP contribution in [-0.4, -0.2) is 23.1 Å². The van der Waals surface area contributed by atoms with Crippen molar-refractivity contribution in [3.63, 3.8) is 0 Å². The lowest BCUT2D eigenvalue weighted by Crippen LogP contribution is -2.18. The van der Waals surface area contributed by atoms with Crippen molar-refractivity contribution >= 4 is 11.9 Å². The molecule has 1 atom stereocenters. The maximum atomic E-state index is 12.4. The van der Waals surface area contributed by atoms with E-state index in [1.807, 2.05) is 0 Å². The van der Waals surface area contributed by atoms with E-state index in [1.165, 1.54) is 89.9 Å². The van der Waals surface area contributed by atoms with Crippen molar-refractivity contribution in [3.05, 3.63) is 0 Å². The molecule has 0 fully saturated rings. The van der Waals surface area contributed by atoms with Crippen LogP contribution in [0.1, 0.15) is 181 Å². The minimum Gasteiger partial charge on any atom is -0.481 e. The van der Waals surface area contributed by atoms with Gasteiger partial charge in [-0.25, -0.2) is 0 Å². The Balaban J connectivity index is 4.03. The molecule has 35 heavy (non-hydrogen) atoms. The van der Waals surface area contributed by atoms with Crippen molar-refractivity contribution in [3.8, 4) is 0 Å². The van der Waals surface area contributed by atoms with Crippen molar-refractivity contribution in [2.24, 2.45) is 0 Å². The van der Waals surface area contributed by atoms with Gasteiger partial charge in [0.2, 0.25) is 0 Å². The molecule has 0 spiro atoms. The van der Waals surface area contributed by atoms with E-state index in [9.17, 15) is 9.59 Å². The lowest BCUT2D eigenvalue weighted by Gasteiger charge is -2.18. The molecule has 1 N–H and O–H groups in total. The van der Waals surface area contributed by atoms with Gasteiger partial charge >= 0.3 is 11.9 Å². The van der Waals surface area contributed by atoms with Gasteiger partial charge in [0, 0.05) is 12.8 Å². The van der Waals surface area contributed by atoms with E-state index < -0.39 is 5.97 Å². The number of carboxylic acid groups (broad SMARTS) is 1. The van der Waals surface area contributed by atoms with Gasteiger partial charge in [0.25, 0.3) is 0 Å². The molecule has 0 aromatic carbocycles. The average molecular weight is 497 g/mol. The van der Waals surface area contributed by atoms with Gasteiger partial charge in [0.1, 0.15) is 6.10 Å². The fourth-order valence-corrected chi connectivity index (χ4v) is 4.77. The molecule has 0 aromatic rings. The summed E-state index contributed by atoms with van der Waals surface area (Å²) in [5, 5.41) is 8.74. The average Bonchev–Trinajstić information content (AvgIpc) is 2.83. The van der Waals surface area contributed by atoms with E-state index in [1.54, 1.807) is 0 Å². The van der Waals surface area contributed by atoms with Crippen molar-refractivity contribution in [2.75, 3.05) is 0 Å². The van der Waals surface area contributed by atoms with Crippen LogP contribution < -0.4 is 0 Å². The second kappa shape index (κ2) is 27.5. The van der Waals surface area contributed by atoms with Crippen molar-refractivity contribution in [2.45, 2.75) is 187 Å². The molecule has 208 valence electrons. The topological polar surface area (TPSA) is 63.6 Å². The molecule has 0 rings (SSSR count). The lowest BCUT2D eigenvalue weighted by atomic mass is 10.0. The molecule has 0 heterocycles. The highest BCUT2D eigenvalue weighted by molar-refractivity contribution is 5.69. The number of rotatable bonds is 28. The quantitative estimate of drug-likeness (QED) is 0.0864. The number of esters is 1. The third-order valence-corrected chi connectivity index (χ3v) is 7.08. The van der Waals surface area contributed by atoms with Gasteiger partial charge < -0.3 is 9.84 Å². The first kappa shape index (κ1) is 33.9. The molecule has 0 aliphatic heterocycles. The monoisotopic (exact) mass is 496 g/mol. The van der Waals surface area contributed by atoms with E-state index in [-0.39, 0.29) is 18.5 Å². The molecule has 0 saturated carbocycles. The fraction of sp³-hybridized carbons (Fsp3) is 0.935. The SMILES string of the molecule is CCCCCCCCCCCCCC(CCCCCCCC(=O)O)OC(=O)CCCCCCCC. The zero-order valence-corrected chi connectivity index (χ0v) is 23.6. The van der Waals surface area contributed by atoms with Gasteiger partial charge in [0.15, 0.2) is 0 Å². The number of aliphatic carboxylic acids is 1.